The maximum Gasteiger partial charge on any atom is 0.0110 e. The van der Waals surface area contributed by atoms with Crippen LogP contribution in [0, 0.1) is 0 Å². The van der Waals surface area contributed by atoms with Gasteiger partial charge in [0.25, 0.3) is 0 Å². The third-order valence-electron chi connectivity index (χ3n) is 3.58. The van der Waals surface area contributed by atoms with Crippen LogP contribution in [0.1, 0.15) is 59.3 Å². The molecule has 0 spiro atoms. The van der Waals surface area contributed by atoms with Crippen LogP contribution in [0.15, 0.2) is 0 Å². The van der Waals surface area contributed by atoms with Crippen molar-refractivity contribution in [2.24, 2.45) is 0 Å². The van der Waals surface area contributed by atoms with Crippen LogP contribution in [0.3, 0.4) is 0 Å². The van der Waals surface area contributed by atoms with E-state index in [2.05, 4.69) is 31.0 Å². The van der Waals surface area contributed by atoms with Gasteiger partial charge in [0, 0.05) is 25.2 Å². The van der Waals surface area contributed by atoms with Crippen molar-refractivity contribution in [1.29, 1.82) is 0 Å². The molecule has 96 valence electrons. The van der Waals surface area contributed by atoms with Gasteiger partial charge in [0.15, 0.2) is 0 Å². The van der Waals surface area contributed by atoms with Crippen molar-refractivity contribution < 1.29 is 0 Å². The van der Waals surface area contributed by atoms with E-state index in [4.69, 9.17) is 0 Å². The van der Waals surface area contributed by atoms with E-state index in [1.54, 1.807) is 0 Å². The summed E-state index contributed by atoms with van der Waals surface area (Å²) < 4.78 is 0. The van der Waals surface area contributed by atoms with Crippen LogP contribution in [0.2, 0.25) is 0 Å². The zero-order chi connectivity index (χ0) is 11.8. The minimum Gasteiger partial charge on any atom is -0.313 e. The first-order valence-electron chi connectivity index (χ1n) is 7.29. The number of nitrogens with zero attached hydrogens (tertiary/aromatic N) is 1. The molecule has 1 aliphatic carbocycles. The molecule has 2 nitrogen and oxygen atoms in total. The van der Waals surface area contributed by atoms with Gasteiger partial charge in [-0.3, -0.25) is 4.90 Å². The van der Waals surface area contributed by atoms with Crippen LogP contribution in [-0.4, -0.2) is 36.6 Å². The topological polar surface area (TPSA) is 15.3 Å². The molecule has 16 heavy (non-hydrogen) atoms. The molecular formula is C14H30N2. The van der Waals surface area contributed by atoms with E-state index in [1.807, 2.05) is 0 Å². The first-order valence-corrected chi connectivity index (χ1v) is 7.29. The Balaban J connectivity index is 2.10. The summed E-state index contributed by atoms with van der Waals surface area (Å²) >= 11 is 0. The van der Waals surface area contributed by atoms with Crippen LogP contribution in [0.25, 0.3) is 0 Å². The molecule has 0 aliphatic heterocycles. The Labute approximate surface area is 102 Å². The quantitative estimate of drug-likeness (QED) is 0.616. The van der Waals surface area contributed by atoms with E-state index in [9.17, 15) is 0 Å². The second kappa shape index (κ2) is 8.08. The summed E-state index contributed by atoms with van der Waals surface area (Å²) in [6.07, 6.45) is 8.14. The van der Waals surface area contributed by atoms with Gasteiger partial charge in [0.05, 0.1) is 0 Å². The molecule has 2 heteroatoms. The largest absolute Gasteiger partial charge is 0.313 e. The summed E-state index contributed by atoms with van der Waals surface area (Å²) in [5.74, 6) is 0. The zero-order valence-electron chi connectivity index (χ0n) is 11.5. The van der Waals surface area contributed by atoms with Crippen molar-refractivity contribution in [2.45, 2.75) is 71.4 Å². The highest BCUT2D eigenvalue weighted by Crippen LogP contribution is 2.25. The molecule has 0 heterocycles. The summed E-state index contributed by atoms with van der Waals surface area (Å²) in [6.45, 7) is 10.5. The van der Waals surface area contributed by atoms with Gasteiger partial charge in [-0.1, -0.05) is 33.6 Å². The van der Waals surface area contributed by atoms with Crippen LogP contribution >= 0.6 is 0 Å². The number of rotatable bonds is 10. The monoisotopic (exact) mass is 226 g/mol. The van der Waals surface area contributed by atoms with Crippen molar-refractivity contribution in [1.82, 2.24) is 10.2 Å². The molecule has 0 atom stereocenters. The lowest BCUT2D eigenvalue weighted by molar-refractivity contribution is 0.269. The van der Waals surface area contributed by atoms with Gasteiger partial charge in [-0.25, -0.2) is 0 Å². The molecule has 1 N–H and O–H groups in total. The molecule has 1 saturated carbocycles. The van der Waals surface area contributed by atoms with Gasteiger partial charge in [-0.05, 0) is 32.2 Å². The molecule has 0 unspecified atom stereocenters. The van der Waals surface area contributed by atoms with Crippen molar-refractivity contribution in [3.63, 3.8) is 0 Å². The summed E-state index contributed by atoms with van der Waals surface area (Å²) in [7, 11) is 0. The molecule has 1 fully saturated rings. The second-order valence-electron chi connectivity index (χ2n) is 5.09. The highest BCUT2D eigenvalue weighted by molar-refractivity contribution is 4.84. The summed E-state index contributed by atoms with van der Waals surface area (Å²) in [4.78, 5) is 2.63. The Morgan fingerprint density at radius 3 is 2.19 bits per heavy atom. The number of hydrogen-bond acceptors (Lipinski definition) is 2. The average Bonchev–Trinajstić information content (AvgIpc) is 3.09. The number of nitrogens with one attached hydrogen (secondary N) is 1. The van der Waals surface area contributed by atoms with Gasteiger partial charge in [0.2, 0.25) is 0 Å². The van der Waals surface area contributed by atoms with Gasteiger partial charge in [-0.2, -0.15) is 0 Å². The lowest BCUT2D eigenvalue weighted by Gasteiger charge is -2.23. The van der Waals surface area contributed by atoms with Crippen LogP contribution < -0.4 is 5.32 Å². The first kappa shape index (κ1) is 14.0. The third-order valence-corrected chi connectivity index (χ3v) is 3.58. The Morgan fingerprint density at radius 2 is 1.75 bits per heavy atom. The predicted octanol–water partition coefficient (Wildman–Crippen LogP) is 3.03. The SMILES string of the molecule is CCCC(CCC)NCCN(CC)C1CC1. The van der Waals surface area contributed by atoms with Gasteiger partial charge in [-0.15, -0.1) is 0 Å². The molecule has 0 radical (unpaired) electrons. The Bertz CT molecular complexity index is 160. The fraction of sp³-hybridized carbons (Fsp3) is 1.00. The zero-order valence-corrected chi connectivity index (χ0v) is 11.5. The van der Waals surface area contributed by atoms with Gasteiger partial charge >= 0.3 is 0 Å². The molecular weight excluding hydrogens is 196 g/mol. The first-order chi connectivity index (χ1) is 7.81. The van der Waals surface area contributed by atoms with Crippen LogP contribution in [0.4, 0.5) is 0 Å². The fourth-order valence-corrected chi connectivity index (χ4v) is 2.50. The normalized spacial score (nSPS) is 16.3. The Hall–Kier alpha value is -0.0800. The smallest absolute Gasteiger partial charge is 0.0110 e. The summed E-state index contributed by atoms with van der Waals surface area (Å²) in [5.41, 5.74) is 0. The number of likely N-dealkylation sites (N-methyl/N-ethyl adjacent to an activating group) is 1. The highest BCUT2D eigenvalue weighted by atomic mass is 15.2. The maximum absolute atomic E-state index is 3.73. The van der Waals surface area contributed by atoms with Crippen molar-refractivity contribution in [2.75, 3.05) is 19.6 Å². The average molecular weight is 226 g/mol. The Morgan fingerprint density at radius 1 is 1.12 bits per heavy atom. The second-order valence-corrected chi connectivity index (χ2v) is 5.09. The summed E-state index contributed by atoms with van der Waals surface area (Å²) in [5, 5.41) is 3.73. The van der Waals surface area contributed by atoms with E-state index >= 15 is 0 Å². The lowest BCUT2D eigenvalue weighted by Crippen LogP contribution is -2.38. The third kappa shape index (κ3) is 5.31. The van der Waals surface area contributed by atoms with E-state index in [0.29, 0.717) is 0 Å². The highest BCUT2D eigenvalue weighted by Gasteiger charge is 2.27. The standard InChI is InChI=1S/C14H30N2/c1-4-7-13(8-5-2)15-11-12-16(6-3)14-9-10-14/h13-15H,4-12H2,1-3H3. The van der Waals surface area contributed by atoms with Gasteiger partial charge < -0.3 is 5.32 Å². The predicted molar refractivity (Wildman–Crippen MR) is 71.9 cm³/mol. The molecule has 0 aromatic heterocycles. The summed E-state index contributed by atoms with van der Waals surface area (Å²) in [6, 6.07) is 1.68. The molecule has 0 saturated heterocycles. The van der Waals surface area contributed by atoms with Gasteiger partial charge in [0.1, 0.15) is 0 Å². The van der Waals surface area contributed by atoms with Crippen molar-refractivity contribution in [3.8, 4) is 0 Å². The molecule has 0 bridgehead atoms. The number of hydrogen-bond donors (Lipinski definition) is 1. The molecule has 1 aliphatic rings. The van der Waals surface area contributed by atoms with E-state index in [0.717, 1.165) is 12.1 Å². The fourth-order valence-electron chi connectivity index (χ4n) is 2.50. The van der Waals surface area contributed by atoms with Crippen molar-refractivity contribution >= 4 is 0 Å². The van der Waals surface area contributed by atoms with E-state index in [-0.39, 0.29) is 0 Å². The van der Waals surface area contributed by atoms with Crippen molar-refractivity contribution in [3.05, 3.63) is 0 Å². The van der Waals surface area contributed by atoms with Crippen LogP contribution in [0.5, 0.6) is 0 Å². The molecule has 0 aromatic carbocycles. The Kier molecular flexibility index (Phi) is 7.06. The van der Waals surface area contributed by atoms with E-state index in [1.165, 1.54) is 58.2 Å². The molecule has 0 aromatic rings. The maximum atomic E-state index is 3.73. The minimum atomic E-state index is 0.757. The molecule has 1 rings (SSSR count). The molecule has 0 amide bonds. The van der Waals surface area contributed by atoms with E-state index < -0.39 is 0 Å². The lowest BCUT2D eigenvalue weighted by atomic mass is 10.1. The minimum absolute atomic E-state index is 0.757. The van der Waals surface area contributed by atoms with Crippen LogP contribution in [-0.2, 0) is 0 Å².